The maximum atomic E-state index is 10.7. The molecule has 0 aromatic heterocycles. The summed E-state index contributed by atoms with van der Waals surface area (Å²) in [6.45, 7) is -1.67. The van der Waals surface area contributed by atoms with E-state index in [-0.39, 0.29) is 0 Å². The van der Waals surface area contributed by atoms with Crippen molar-refractivity contribution in [3.63, 3.8) is 0 Å². The number of rotatable bonds is 9. The van der Waals surface area contributed by atoms with E-state index < -0.39 is 57.9 Å². The molecule has 0 bridgehead atoms. The van der Waals surface area contributed by atoms with Crippen LogP contribution >= 0.6 is 0 Å². The van der Waals surface area contributed by atoms with E-state index in [1.54, 1.807) is 0 Å². The van der Waals surface area contributed by atoms with Crippen molar-refractivity contribution in [2.45, 2.75) is 24.4 Å². The minimum absolute atomic E-state index is 0.720. The predicted molar refractivity (Wildman–Crippen MR) is 65.6 cm³/mol. The average Bonchev–Trinajstić information content (AvgIpc) is 2.29. The SMILES string of the molecule is CS(=O)(=O)OCC(O)C(O)C(O)C(O)COS(C)(=O)=O. The molecule has 12 heteroatoms. The summed E-state index contributed by atoms with van der Waals surface area (Å²) in [5.74, 6) is 0. The molecule has 0 saturated heterocycles. The van der Waals surface area contributed by atoms with Gasteiger partial charge in [-0.1, -0.05) is 0 Å². The summed E-state index contributed by atoms with van der Waals surface area (Å²) in [7, 11) is -7.69. The molecule has 0 aliphatic heterocycles. The minimum atomic E-state index is -3.85. The lowest BCUT2D eigenvalue weighted by Gasteiger charge is -2.25. The molecule has 4 atom stereocenters. The minimum Gasteiger partial charge on any atom is -0.388 e. The third kappa shape index (κ3) is 8.76. The zero-order valence-electron chi connectivity index (χ0n) is 10.8. The standard InChI is InChI=1S/C8H18O10S2/c1-19(13,14)17-3-5(9)7(11)8(12)6(10)4-18-20(2,15)16/h5-12H,3-4H2,1-2H3. The Bertz CT molecular complexity index is 437. The number of hydrogen-bond acceptors (Lipinski definition) is 10. The predicted octanol–water partition coefficient (Wildman–Crippen LogP) is -3.62. The first-order valence-electron chi connectivity index (χ1n) is 5.24. The van der Waals surface area contributed by atoms with Crippen LogP contribution in [0.4, 0.5) is 0 Å². The van der Waals surface area contributed by atoms with Crippen molar-refractivity contribution in [1.29, 1.82) is 0 Å². The van der Waals surface area contributed by atoms with Crippen molar-refractivity contribution >= 4 is 20.2 Å². The normalized spacial score (nSPS) is 19.3. The van der Waals surface area contributed by atoms with Crippen LogP contribution in [0.25, 0.3) is 0 Å². The molecule has 122 valence electrons. The zero-order valence-corrected chi connectivity index (χ0v) is 12.4. The summed E-state index contributed by atoms with van der Waals surface area (Å²) >= 11 is 0. The second-order valence-electron chi connectivity index (χ2n) is 4.09. The van der Waals surface area contributed by atoms with Crippen molar-refractivity contribution < 1.29 is 45.6 Å². The van der Waals surface area contributed by atoms with E-state index in [0.717, 1.165) is 12.5 Å². The molecule has 0 aliphatic rings. The molecule has 0 aromatic rings. The Labute approximate surface area is 116 Å². The van der Waals surface area contributed by atoms with E-state index in [1.807, 2.05) is 0 Å². The average molecular weight is 338 g/mol. The topological polar surface area (TPSA) is 168 Å². The van der Waals surface area contributed by atoms with Crippen LogP contribution in [0.15, 0.2) is 0 Å². The van der Waals surface area contributed by atoms with Gasteiger partial charge in [0.1, 0.15) is 24.4 Å². The lowest BCUT2D eigenvalue weighted by Crippen LogP contribution is -2.48. The molecule has 0 fully saturated rings. The van der Waals surface area contributed by atoms with E-state index in [1.165, 1.54) is 0 Å². The van der Waals surface area contributed by atoms with Crippen LogP contribution in [0, 0.1) is 0 Å². The molecule has 0 amide bonds. The van der Waals surface area contributed by atoms with Gasteiger partial charge in [-0.05, 0) is 0 Å². The van der Waals surface area contributed by atoms with E-state index in [4.69, 9.17) is 0 Å². The molecule has 0 rings (SSSR count). The summed E-state index contributed by atoms with van der Waals surface area (Å²) in [4.78, 5) is 0. The Morgan fingerprint density at radius 3 is 1.20 bits per heavy atom. The second-order valence-corrected chi connectivity index (χ2v) is 7.38. The highest BCUT2D eigenvalue weighted by Gasteiger charge is 2.31. The van der Waals surface area contributed by atoms with Crippen LogP contribution in [0.5, 0.6) is 0 Å². The van der Waals surface area contributed by atoms with E-state index in [2.05, 4.69) is 8.37 Å². The van der Waals surface area contributed by atoms with Gasteiger partial charge < -0.3 is 20.4 Å². The highest BCUT2D eigenvalue weighted by molar-refractivity contribution is 7.86. The van der Waals surface area contributed by atoms with Gasteiger partial charge in [0, 0.05) is 0 Å². The summed E-state index contributed by atoms with van der Waals surface area (Å²) in [5, 5.41) is 37.6. The smallest absolute Gasteiger partial charge is 0.264 e. The van der Waals surface area contributed by atoms with Gasteiger partial charge in [0.15, 0.2) is 0 Å². The largest absolute Gasteiger partial charge is 0.388 e. The first-order valence-corrected chi connectivity index (χ1v) is 8.88. The van der Waals surface area contributed by atoms with Crippen LogP contribution in [-0.4, -0.2) is 87.4 Å². The lowest BCUT2D eigenvalue weighted by molar-refractivity contribution is -0.118. The third-order valence-corrected chi connectivity index (χ3v) is 3.17. The number of hydrogen-bond donors (Lipinski definition) is 4. The number of aliphatic hydroxyl groups excluding tert-OH is 4. The van der Waals surface area contributed by atoms with Crippen LogP contribution in [-0.2, 0) is 28.6 Å². The first kappa shape index (κ1) is 19.7. The molecular weight excluding hydrogens is 320 g/mol. The fourth-order valence-electron chi connectivity index (χ4n) is 1.04. The summed E-state index contributed by atoms with van der Waals surface area (Å²) in [6, 6.07) is 0. The molecular formula is C8H18O10S2. The van der Waals surface area contributed by atoms with Gasteiger partial charge in [0.25, 0.3) is 20.2 Å². The van der Waals surface area contributed by atoms with E-state index in [9.17, 15) is 37.3 Å². The molecule has 4 unspecified atom stereocenters. The third-order valence-electron chi connectivity index (χ3n) is 2.04. The zero-order chi connectivity index (χ0) is 16.1. The van der Waals surface area contributed by atoms with E-state index >= 15 is 0 Å². The molecule has 20 heavy (non-hydrogen) atoms. The Morgan fingerprint density at radius 1 is 0.750 bits per heavy atom. The summed E-state index contributed by atoms with van der Waals surface area (Å²) < 4.78 is 51.0. The maximum absolute atomic E-state index is 10.7. The van der Waals surface area contributed by atoms with Crippen LogP contribution < -0.4 is 0 Å². The second kappa shape index (κ2) is 7.61. The van der Waals surface area contributed by atoms with Gasteiger partial charge in [-0.25, -0.2) is 0 Å². The molecule has 0 aromatic carbocycles. The Hall–Kier alpha value is -0.340. The molecule has 0 radical (unpaired) electrons. The fourth-order valence-corrected chi connectivity index (χ4v) is 1.81. The van der Waals surface area contributed by atoms with E-state index in [0.29, 0.717) is 0 Å². The molecule has 0 aliphatic carbocycles. The van der Waals surface area contributed by atoms with Gasteiger partial charge in [0.2, 0.25) is 0 Å². The van der Waals surface area contributed by atoms with Gasteiger partial charge in [-0.15, -0.1) is 0 Å². The van der Waals surface area contributed by atoms with Gasteiger partial charge >= 0.3 is 0 Å². The van der Waals surface area contributed by atoms with Crippen LogP contribution in [0.2, 0.25) is 0 Å². The first-order chi connectivity index (χ1) is 8.83. The summed E-state index contributed by atoms with van der Waals surface area (Å²) in [6.07, 6.45) is -6.11. The highest BCUT2D eigenvalue weighted by atomic mass is 32.2. The Kier molecular flexibility index (Phi) is 7.48. The molecule has 0 spiro atoms. The highest BCUT2D eigenvalue weighted by Crippen LogP contribution is 2.08. The van der Waals surface area contributed by atoms with Crippen LogP contribution in [0.1, 0.15) is 0 Å². The van der Waals surface area contributed by atoms with Gasteiger partial charge in [-0.3, -0.25) is 8.37 Å². The van der Waals surface area contributed by atoms with Crippen molar-refractivity contribution in [1.82, 2.24) is 0 Å². The quantitative estimate of drug-likeness (QED) is 0.308. The maximum Gasteiger partial charge on any atom is 0.264 e. The molecule has 0 heterocycles. The monoisotopic (exact) mass is 338 g/mol. The van der Waals surface area contributed by atoms with Crippen molar-refractivity contribution in [2.75, 3.05) is 25.7 Å². The molecule has 10 nitrogen and oxygen atoms in total. The molecule has 4 N–H and O–H groups in total. The van der Waals surface area contributed by atoms with Gasteiger partial charge in [-0.2, -0.15) is 16.8 Å². The Balaban J connectivity index is 4.41. The van der Waals surface area contributed by atoms with Crippen molar-refractivity contribution in [3.05, 3.63) is 0 Å². The number of aliphatic hydroxyl groups is 4. The lowest BCUT2D eigenvalue weighted by atomic mass is 10.0. The molecule has 0 saturated carbocycles. The Morgan fingerprint density at radius 2 is 1.00 bits per heavy atom. The van der Waals surface area contributed by atoms with Crippen LogP contribution in [0.3, 0.4) is 0 Å². The fraction of sp³-hybridized carbons (Fsp3) is 1.00. The summed E-state index contributed by atoms with van der Waals surface area (Å²) in [5.41, 5.74) is 0. The van der Waals surface area contributed by atoms with Gasteiger partial charge in [0.05, 0.1) is 25.7 Å². The van der Waals surface area contributed by atoms with Crippen molar-refractivity contribution in [2.24, 2.45) is 0 Å². The van der Waals surface area contributed by atoms with Crippen molar-refractivity contribution in [3.8, 4) is 0 Å².